The molecule has 5 N–H and O–H groups in total. The molecule has 0 saturated heterocycles. The third-order valence-corrected chi connectivity index (χ3v) is 3.86. The first-order valence-corrected chi connectivity index (χ1v) is 6.88. The summed E-state index contributed by atoms with van der Waals surface area (Å²) in [6.45, 7) is 6.46. The van der Waals surface area contributed by atoms with Crippen molar-refractivity contribution in [2.75, 3.05) is 6.61 Å². The Balaban J connectivity index is 2.50. The number of carbonyl (C=O) groups is 3. The first kappa shape index (κ1) is 17.2. The Morgan fingerprint density at radius 3 is 2.48 bits per heavy atom. The average molecular weight is 301 g/mol. The van der Waals surface area contributed by atoms with E-state index in [1.807, 2.05) is 20.8 Å². The van der Waals surface area contributed by atoms with Gasteiger partial charge in [-0.2, -0.15) is 0 Å². The van der Waals surface area contributed by atoms with E-state index < -0.39 is 30.4 Å². The van der Waals surface area contributed by atoms with Crippen molar-refractivity contribution in [1.82, 2.24) is 10.6 Å². The van der Waals surface area contributed by atoms with Crippen LogP contribution in [-0.4, -0.2) is 47.8 Å². The Bertz CT molecular complexity index is 424. The van der Waals surface area contributed by atoms with Crippen LogP contribution in [-0.2, 0) is 14.3 Å². The van der Waals surface area contributed by atoms with E-state index in [9.17, 15) is 14.4 Å². The van der Waals surface area contributed by atoms with Crippen molar-refractivity contribution < 1.29 is 24.2 Å². The third kappa shape index (κ3) is 4.32. The van der Waals surface area contributed by atoms with Gasteiger partial charge in [0.2, 0.25) is 5.91 Å². The topological polar surface area (TPSA) is 131 Å². The number of hydrogen-bond acceptors (Lipinski definition) is 4. The first-order valence-electron chi connectivity index (χ1n) is 6.88. The average Bonchev–Trinajstić information content (AvgIpc) is 2.36. The van der Waals surface area contributed by atoms with Gasteiger partial charge in [-0.15, -0.1) is 0 Å². The number of carboxylic acid groups (broad SMARTS) is 1. The van der Waals surface area contributed by atoms with Crippen molar-refractivity contribution >= 4 is 17.9 Å². The van der Waals surface area contributed by atoms with Crippen molar-refractivity contribution in [2.24, 2.45) is 11.1 Å². The summed E-state index contributed by atoms with van der Waals surface area (Å²) in [5, 5.41) is 13.9. The number of ether oxygens (including phenoxy) is 1. The highest BCUT2D eigenvalue weighted by atomic mass is 16.5. The molecular formula is C13H23N3O5. The van der Waals surface area contributed by atoms with Crippen molar-refractivity contribution in [3.63, 3.8) is 0 Å². The number of carbonyl (C=O) groups excluding carboxylic acids is 2. The predicted molar refractivity (Wildman–Crippen MR) is 74.5 cm³/mol. The minimum Gasteiger partial charge on any atom is -0.480 e. The molecule has 0 heterocycles. The van der Waals surface area contributed by atoms with Crippen molar-refractivity contribution in [1.29, 1.82) is 0 Å². The summed E-state index contributed by atoms with van der Waals surface area (Å²) in [5.41, 5.74) is 4.72. The van der Waals surface area contributed by atoms with Crippen LogP contribution in [0.5, 0.6) is 0 Å². The Morgan fingerprint density at radius 2 is 2.05 bits per heavy atom. The maximum Gasteiger partial charge on any atom is 0.326 e. The smallest absolute Gasteiger partial charge is 0.326 e. The SMILES string of the molecule is CCOC1CC(NC(=O)N[C@@H](CC(N)=O)C(=O)O)C1(C)C. The molecule has 8 nitrogen and oxygen atoms in total. The van der Waals surface area contributed by atoms with E-state index in [0.29, 0.717) is 13.0 Å². The Hall–Kier alpha value is -1.83. The van der Waals surface area contributed by atoms with Crippen LogP contribution in [0.25, 0.3) is 0 Å². The summed E-state index contributed by atoms with van der Waals surface area (Å²) >= 11 is 0. The predicted octanol–water partition coefficient (Wildman–Crippen LogP) is -0.182. The van der Waals surface area contributed by atoms with Gasteiger partial charge in [-0.05, 0) is 13.3 Å². The summed E-state index contributed by atoms with van der Waals surface area (Å²) in [7, 11) is 0. The maximum atomic E-state index is 11.8. The molecule has 0 aromatic carbocycles. The third-order valence-electron chi connectivity index (χ3n) is 3.86. The summed E-state index contributed by atoms with van der Waals surface area (Å²) < 4.78 is 5.55. The van der Waals surface area contributed by atoms with Gasteiger partial charge in [-0.25, -0.2) is 9.59 Å². The van der Waals surface area contributed by atoms with Crippen LogP contribution in [0.2, 0.25) is 0 Å². The highest BCUT2D eigenvalue weighted by molar-refractivity contribution is 5.87. The van der Waals surface area contributed by atoms with Gasteiger partial charge < -0.3 is 26.2 Å². The van der Waals surface area contributed by atoms with Gasteiger partial charge in [0.05, 0.1) is 12.5 Å². The van der Waals surface area contributed by atoms with E-state index in [-0.39, 0.29) is 17.6 Å². The van der Waals surface area contributed by atoms with Crippen LogP contribution >= 0.6 is 0 Å². The van der Waals surface area contributed by atoms with E-state index in [2.05, 4.69) is 10.6 Å². The standard InChI is InChI=1S/C13H23N3O5/c1-4-21-9-6-8(13(9,2)3)16-12(20)15-7(11(18)19)5-10(14)17/h7-9H,4-6H2,1-3H3,(H2,14,17)(H,18,19)(H2,15,16,20)/t7-,8?,9?/m0/s1. The zero-order valence-electron chi connectivity index (χ0n) is 12.5. The molecule has 0 aromatic heterocycles. The van der Waals surface area contributed by atoms with Gasteiger partial charge in [0.25, 0.3) is 0 Å². The van der Waals surface area contributed by atoms with Gasteiger partial charge in [-0.1, -0.05) is 13.8 Å². The molecule has 8 heteroatoms. The van der Waals surface area contributed by atoms with E-state index >= 15 is 0 Å². The van der Waals surface area contributed by atoms with E-state index in [1.54, 1.807) is 0 Å². The van der Waals surface area contributed by atoms with Crippen LogP contribution in [0.4, 0.5) is 4.79 Å². The highest BCUT2D eigenvalue weighted by Gasteiger charge is 2.49. The number of urea groups is 1. The summed E-state index contributed by atoms with van der Waals surface area (Å²) in [4.78, 5) is 33.5. The second-order valence-corrected chi connectivity index (χ2v) is 5.73. The summed E-state index contributed by atoms with van der Waals surface area (Å²) in [6.07, 6.45) is 0.286. The quantitative estimate of drug-likeness (QED) is 0.518. The minimum absolute atomic E-state index is 0.0636. The molecule has 1 saturated carbocycles. The molecule has 1 fully saturated rings. The number of hydrogen-bond donors (Lipinski definition) is 4. The second kappa shape index (κ2) is 6.75. The highest BCUT2D eigenvalue weighted by Crippen LogP contribution is 2.42. The molecule has 1 aliphatic carbocycles. The zero-order valence-corrected chi connectivity index (χ0v) is 12.5. The number of primary amides is 1. The molecular weight excluding hydrogens is 278 g/mol. The van der Waals surface area contributed by atoms with Crippen LogP contribution in [0.15, 0.2) is 0 Å². The van der Waals surface area contributed by atoms with E-state index in [0.717, 1.165) is 0 Å². The Morgan fingerprint density at radius 1 is 1.43 bits per heavy atom. The van der Waals surface area contributed by atoms with Crippen molar-refractivity contribution in [3.8, 4) is 0 Å². The van der Waals surface area contributed by atoms with E-state index in [4.69, 9.17) is 15.6 Å². The number of rotatable bonds is 7. The van der Waals surface area contributed by atoms with Crippen LogP contribution in [0.3, 0.4) is 0 Å². The molecule has 0 aromatic rings. The fraction of sp³-hybridized carbons (Fsp3) is 0.769. The number of carboxylic acids is 1. The lowest BCUT2D eigenvalue weighted by Crippen LogP contribution is -2.64. The molecule has 21 heavy (non-hydrogen) atoms. The molecule has 1 rings (SSSR count). The first-order chi connectivity index (χ1) is 9.68. The Kier molecular flexibility index (Phi) is 5.54. The van der Waals surface area contributed by atoms with Crippen molar-refractivity contribution in [3.05, 3.63) is 0 Å². The number of nitrogens with one attached hydrogen (secondary N) is 2. The van der Waals surface area contributed by atoms with Gasteiger partial charge >= 0.3 is 12.0 Å². The van der Waals surface area contributed by atoms with Gasteiger partial charge in [0, 0.05) is 18.1 Å². The van der Waals surface area contributed by atoms with Crippen LogP contribution < -0.4 is 16.4 Å². The van der Waals surface area contributed by atoms with Crippen LogP contribution in [0.1, 0.15) is 33.6 Å². The fourth-order valence-corrected chi connectivity index (χ4v) is 2.37. The molecule has 0 bridgehead atoms. The second-order valence-electron chi connectivity index (χ2n) is 5.73. The van der Waals surface area contributed by atoms with Gasteiger partial charge in [-0.3, -0.25) is 4.79 Å². The molecule has 3 atom stereocenters. The molecule has 3 amide bonds. The van der Waals surface area contributed by atoms with Gasteiger partial charge in [0.1, 0.15) is 6.04 Å². The molecule has 0 radical (unpaired) electrons. The maximum absolute atomic E-state index is 11.8. The molecule has 120 valence electrons. The normalized spacial score (nSPS) is 24.5. The fourth-order valence-electron chi connectivity index (χ4n) is 2.37. The number of amides is 3. The monoisotopic (exact) mass is 301 g/mol. The van der Waals surface area contributed by atoms with Crippen molar-refractivity contribution in [2.45, 2.75) is 51.8 Å². The lowest BCUT2D eigenvalue weighted by molar-refractivity contribution is -0.141. The number of aliphatic carboxylic acids is 1. The largest absolute Gasteiger partial charge is 0.480 e. The van der Waals surface area contributed by atoms with Gasteiger partial charge in [0.15, 0.2) is 0 Å². The van der Waals surface area contributed by atoms with Crippen LogP contribution in [0, 0.1) is 5.41 Å². The molecule has 0 aliphatic heterocycles. The number of nitrogens with two attached hydrogens (primary N) is 1. The lowest BCUT2D eigenvalue weighted by Gasteiger charge is -2.51. The van der Waals surface area contributed by atoms with E-state index in [1.165, 1.54) is 0 Å². The zero-order chi connectivity index (χ0) is 16.2. The summed E-state index contributed by atoms with van der Waals surface area (Å²) in [5.74, 6) is -2.09. The molecule has 0 spiro atoms. The summed E-state index contributed by atoms with van der Waals surface area (Å²) in [6, 6.07) is -2.07. The molecule has 1 aliphatic rings. The molecule has 2 unspecified atom stereocenters. The Labute approximate surface area is 123 Å². The minimum atomic E-state index is -1.33. The lowest BCUT2D eigenvalue weighted by atomic mass is 9.64.